The zero-order chi connectivity index (χ0) is 17.2. The molecule has 3 rings (SSSR count). The molecule has 9 heteroatoms. The average Bonchev–Trinajstić information content (AvgIpc) is 3.03. The Labute approximate surface area is 145 Å². The lowest BCUT2D eigenvalue weighted by Gasteiger charge is -2.14. The predicted molar refractivity (Wildman–Crippen MR) is 94.8 cm³/mol. The maximum atomic E-state index is 11.9. The average molecular weight is 368 g/mol. The van der Waals surface area contributed by atoms with Crippen molar-refractivity contribution in [2.75, 3.05) is 30.0 Å². The van der Waals surface area contributed by atoms with Crippen LogP contribution in [0.5, 0.6) is 0 Å². The highest BCUT2D eigenvalue weighted by atomic mass is 35.5. The summed E-state index contributed by atoms with van der Waals surface area (Å²) in [5, 5.41) is 9.80. The molecular formula is C15H18ClN5O2S. The van der Waals surface area contributed by atoms with E-state index in [1.807, 2.05) is 0 Å². The normalized spacial score (nSPS) is 17.7. The molecule has 1 saturated heterocycles. The lowest BCUT2D eigenvalue weighted by molar-refractivity contribution is 0.602. The van der Waals surface area contributed by atoms with Gasteiger partial charge in [0.05, 0.1) is 16.8 Å². The van der Waals surface area contributed by atoms with Crippen LogP contribution in [0, 0.1) is 0 Å². The van der Waals surface area contributed by atoms with Crippen LogP contribution in [0.4, 0.5) is 17.5 Å². The van der Waals surface area contributed by atoms with Crippen LogP contribution in [-0.2, 0) is 9.84 Å². The Bertz CT molecular complexity index is 838. The Morgan fingerprint density at radius 3 is 2.83 bits per heavy atom. The smallest absolute Gasteiger partial charge is 0.224 e. The molecule has 0 amide bonds. The lowest BCUT2D eigenvalue weighted by Crippen LogP contribution is -2.23. The van der Waals surface area contributed by atoms with Crippen molar-refractivity contribution in [1.82, 2.24) is 15.3 Å². The Hall–Kier alpha value is -1.90. The summed E-state index contributed by atoms with van der Waals surface area (Å²) in [6, 6.07) is 6.89. The third kappa shape index (κ3) is 3.95. The highest BCUT2D eigenvalue weighted by Gasteiger charge is 2.17. The quantitative estimate of drug-likeness (QED) is 0.744. The molecule has 24 heavy (non-hydrogen) atoms. The summed E-state index contributed by atoms with van der Waals surface area (Å²) in [6.07, 6.45) is 3.64. The molecule has 0 radical (unpaired) electrons. The van der Waals surface area contributed by atoms with Crippen LogP contribution in [0.15, 0.2) is 35.4 Å². The maximum Gasteiger partial charge on any atom is 0.224 e. The number of anilines is 3. The van der Waals surface area contributed by atoms with Crippen molar-refractivity contribution in [1.29, 1.82) is 0 Å². The first-order chi connectivity index (χ1) is 11.4. The number of benzene rings is 1. The van der Waals surface area contributed by atoms with E-state index >= 15 is 0 Å². The van der Waals surface area contributed by atoms with E-state index in [2.05, 4.69) is 25.9 Å². The maximum absolute atomic E-state index is 11.9. The largest absolute Gasteiger partial charge is 0.350 e. The van der Waals surface area contributed by atoms with Gasteiger partial charge < -0.3 is 16.0 Å². The first kappa shape index (κ1) is 16.9. The lowest BCUT2D eigenvalue weighted by atomic mass is 10.3. The number of para-hydroxylation sites is 1. The van der Waals surface area contributed by atoms with Gasteiger partial charge in [0.1, 0.15) is 5.02 Å². The Morgan fingerprint density at radius 1 is 1.33 bits per heavy atom. The fourth-order valence-electron chi connectivity index (χ4n) is 2.51. The van der Waals surface area contributed by atoms with Crippen molar-refractivity contribution in [2.45, 2.75) is 17.4 Å². The second-order valence-electron chi connectivity index (χ2n) is 5.62. The first-order valence-electron chi connectivity index (χ1n) is 7.49. The number of rotatable bonds is 5. The second-order valence-corrected chi connectivity index (χ2v) is 8.01. The van der Waals surface area contributed by atoms with Gasteiger partial charge in [0, 0.05) is 18.8 Å². The van der Waals surface area contributed by atoms with Gasteiger partial charge in [-0.15, -0.1) is 0 Å². The van der Waals surface area contributed by atoms with Crippen molar-refractivity contribution in [2.24, 2.45) is 0 Å². The van der Waals surface area contributed by atoms with E-state index in [1.165, 1.54) is 12.3 Å². The van der Waals surface area contributed by atoms with Crippen LogP contribution in [0.25, 0.3) is 0 Å². The molecule has 1 aromatic heterocycles. The molecule has 1 aromatic carbocycles. The van der Waals surface area contributed by atoms with Crippen LogP contribution >= 0.6 is 11.6 Å². The van der Waals surface area contributed by atoms with Crippen molar-refractivity contribution >= 4 is 38.9 Å². The Kier molecular flexibility index (Phi) is 4.88. The molecule has 3 N–H and O–H groups in total. The standard InChI is InChI=1S/C15H18ClN5O2S/c1-24(22,23)13-5-3-2-4-12(13)20-14-11(16)9-18-15(21-14)19-10-6-7-17-8-10/h2-5,9-10,17H,6-8H2,1H3,(H2,18,19,20,21)/t10-/m1/s1. The zero-order valence-corrected chi connectivity index (χ0v) is 14.7. The topological polar surface area (TPSA) is 96.0 Å². The van der Waals surface area contributed by atoms with Crippen molar-refractivity contribution in [3.8, 4) is 0 Å². The molecule has 0 aliphatic carbocycles. The summed E-state index contributed by atoms with van der Waals surface area (Å²) < 4.78 is 23.8. The van der Waals surface area contributed by atoms with Crippen LogP contribution in [0.1, 0.15) is 6.42 Å². The summed E-state index contributed by atoms with van der Waals surface area (Å²) in [5.74, 6) is 0.809. The van der Waals surface area contributed by atoms with Gasteiger partial charge in [-0.2, -0.15) is 4.98 Å². The first-order valence-corrected chi connectivity index (χ1v) is 9.76. The fraction of sp³-hybridized carbons (Fsp3) is 0.333. The van der Waals surface area contributed by atoms with Gasteiger partial charge in [-0.1, -0.05) is 23.7 Å². The van der Waals surface area contributed by atoms with Gasteiger partial charge in [0.2, 0.25) is 5.95 Å². The number of hydrogen-bond donors (Lipinski definition) is 3. The molecule has 0 bridgehead atoms. The number of hydrogen-bond acceptors (Lipinski definition) is 7. The van der Waals surface area contributed by atoms with Crippen LogP contribution < -0.4 is 16.0 Å². The number of halogens is 1. The summed E-state index contributed by atoms with van der Waals surface area (Å²) in [7, 11) is -3.37. The van der Waals surface area contributed by atoms with E-state index in [9.17, 15) is 8.42 Å². The van der Waals surface area contributed by atoms with E-state index in [0.29, 0.717) is 22.5 Å². The fourth-order valence-corrected chi connectivity index (χ4v) is 3.49. The minimum atomic E-state index is -3.37. The van der Waals surface area contributed by atoms with Crippen molar-refractivity contribution in [3.63, 3.8) is 0 Å². The van der Waals surface area contributed by atoms with Crippen LogP contribution in [0.3, 0.4) is 0 Å². The molecule has 0 spiro atoms. The number of aromatic nitrogens is 2. The van der Waals surface area contributed by atoms with Crippen LogP contribution in [-0.4, -0.2) is 43.8 Å². The van der Waals surface area contributed by atoms with Gasteiger partial charge in [0.15, 0.2) is 15.7 Å². The number of nitrogens with zero attached hydrogens (tertiary/aromatic N) is 2. The second kappa shape index (κ2) is 6.92. The molecular weight excluding hydrogens is 350 g/mol. The van der Waals surface area contributed by atoms with Gasteiger partial charge in [-0.25, -0.2) is 13.4 Å². The Balaban J connectivity index is 1.87. The van der Waals surface area contributed by atoms with E-state index < -0.39 is 9.84 Å². The van der Waals surface area contributed by atoms with Crippen molar-refractivity contribution in [3.05, 3.63) is 35.5 Å². The van der Waals surface area contributed by atoms with Gasteiger partial charge >= 0.3 is 0 Å². The summed E-state index contributed by atoms with van der Waals surface area (Å²) >= 11 is 6.15. The zero-order valence-electron chi connectivity index (χ0n) is 13.1. The summed E-state index contributed by atoms with van der Waals surface area (Å²) in [5.41, 5.74) is 0.425. The third-order valence-corrected chi connectivity index (χ3v) is 5.11. The van der Waals surface area contributed by atoms with Gasteiger partial charge in [-0.05, 0) is 25.1 Å². The number of nitrogens with one attached hydrogen (secondary N) is 3. The molecule has 7 nitrogen and oxygen atoms in total. The van der Waals surface area contributed by atoms with Gasteiger partial charge in [0.25, 0.3) is 0 Å². The van der Waals surface area contributed by atoms with Crippen molar-refractivity contribution < 1.29 is 8.42 Å². The summed E-state index contributed by atoms with van der Waals surface area (Å²) in [6.45, 7) is 1.81. The predicted octanol–water partition coefficient (Wildman–Crippen LogP) is 2.05. The molecule has 1 atom stereocenters. The molecule has 1 aliphatic heterocycles. The van der Waals surface area contributed by atoms with Crippen LogP contribution in [0.2, 0.25) is 5.02 Å². The third-order valence-electron chi connectivity index (χ3n) is 3.68. The highest BCUT2D eigenvalue weighted by Crippen LogP contribution is 2.28. The van der Waals surface area contributed by atoms with E-state index in [-0.39, 0.29) is 10.9 Å². The molecule has 1 aliphatic rings. The minimum absolute atomic E-state index is 0.189. The van der Waals surface area contributed by atoms with E-state index in [4.69, 9.17) is 11.6 Å². The molecule has 1 fully saturated rings. The molecule has 2 aromatic rings. The molecule has 128 valence electrons. The molecule has 2 heterocycles. The van der Waals surface area contributed by atoms with E-state index in [0.717, 1.165) is 25.8 Å². The summed E-state index contributed by atoms with van der Waals surface area (Å²) in [4.78, 5) is 8.73. The SMILES string of the molecule is CS(=O)(=O)c1ccccc1Nc1nc(N[C@@H]2CCNC2)ncc1Cl. The van der Waals surface area contributed by atoms with Gasteiger partial charge in [-0.3, -0.25) is 0 Å². The Morgan fingerprint density at radius 2 is 2.12 bits per heavy atom. The minimum Gasteiger partial charge on any atom is -0.350 e. The van der Waals surface area contributed by atoms with E-state index in [1.54, 1.807) is 18.2 Å². The highest BCUT2D eigenvalue weighted by molar-refractivity contribution is 7.90. The monoisotopic (exact) mass is 367 g/mol. The number of sulfone groups is 1. The molecule has 0 saturated carbocycles. The molecule has 0 unspecified atom stereocenters.